The normalized spacial score (nSPS) is 10.9. The van der Waals surface area contributed by atoms with E-state index in [-0.39, 0.29) is 6.61 Å². The lowest BCUT2D eigenvalue weighted by atomic mass is 10.2. The van der Waals surface area contributed by atoms with E-state index in [1.165, 1.54) is 0 Å². The first-order valence-corrected chi connectivity index (χ1v) is 6.29. The minimum atomic E-state index is -0.510. The smallest absolute Gasteiger partial charge is 0.344 e. The van der Waals surface area contributed by atoms with Crippen molar-refractivity contribution in [1.29, 1.82) is 0 Å². The molecule has 0 bridgehead atoms. The lowest BCUT2D eigenvalue weighted by molar-refractivity contribution is -0.157. The molecule has 18 heavy (non-hydrogen) atoms. The van der Waals surface area contributed by atoms with E-state index in [2.05, 4.69) is 15.9 Å². The van der Waals surface area contributed by atoms with Crippen LogP contribution in [-0.4, -0.2) is 25.3 Å². The zero-order valence-electron chi connectivity index (χ0n) is 11.0. The maximum absolute atomic E-state index is 11.5. The maximum atomic E-state index is 11.5. The molecular weight excluding hydrogens is 300 g/mol. The third-order valence-electron chi connectivity index (χ3n) is 1.89. The van der Waals surface area contributed by atoms with Gasteiger partial charge in [0.1, 0.15) is 5.60 Å². The van der Waals surface area contributed by atoms with Crippen LogP contribution < -0.4 is 9.47 Å². The zero-order chi connectivity index (χ0) is 13.8. The fourth-order valence-corrected chi connectivity index (χ4v) is 1.61. The van der Waals surface area contributed by atoms with Gasteiger partial charge in [-0.15, -0.1) is 0 Å². The van der Waals surface area contributed by atoms with Crippen molar-refractivity contribution in [3.05, 3.63) is 22.7 Å². The molecule has 0 unspecified atom stereocenters. The standard InChI is InChI=1S/C13H17BrO4/c1-13(2,3)18-12(15)8-17-10-6-5-9(14)7-11(10)16-4/h5-7H,8H2,1-4H3. The van der Waals surface area contributed by atoms with Crippen molar-refractivity contribution >= 4 is 21.9 Å². The average molecular weight is 317 g/mol. The molecular formula is C13H17BrO4. The molecule has 1 aromatic rings. The van der Waals surface area contributed by atoms with Gasteiger partial charge in [0.25, 0.3) is 0 Å². The number of carbonyl (C=O) groups excluding carboxylic acids is 1. The predicted molar refractivity (Wildman–Crippen MR) is 72.0 cm³/mol. The summed E-state index contributed by atoms with van der Waals surface area (Å²) in [5.41, 5.74) is -0.510. The first kappa shape index (κ1) is 14.8. The van der Waals surface area contributed by atoms with E-state index in [4.69, 9.17) is 14.2 Å². The van der Waals surface area contributed by atoms with Crippen molar-refractivity contribution < 1.29 is 19.0 Å². The van der Waals surface area contributed by atoms with Crippen molar-refractivity contribution in [2.45, 2.75) is 26.4 Å². The van der Waals surface area contributed by atoms with Crippen molar-refractivity contribution in [3.63, 3.8) is 0 Å². The van der Waals surface area contributed by atoms with Gasteiger partial charge in [0.15, 0.2) is 18.1 Å². The highest BCUT2D eigenvalue weighted by Gasteiger charge is 2.17. The number of esters is 1. The summed E-state index contributed by atoms with van der Waals surface area (Å²) in [7, 11) is 1.54. The molecule has 0 aliphatic heterocycles. The first-order valence-electron chi connectivity index (χ1n) is 5.50. The van der Waals surface area contributed by atoms with E-state index in [1.54, 1.807) is 19.2 Å². The van der Waals surface area contributed by atoms with Crippen molar-refractivity contribution in [2.24, 2.45) is 0 Å². The highest BCUT2D eigenvalue weighted by molar-refractivity contribution is 9.10. The van der Waals surface area contributed by atoms with Crippen molar-refractivity contribution in [1.82, 2.24) is 0 Å². The van der Waals surface area contributed by atoms with Gasteiger partial charge in [0.05, 0.1) is 7.11 Å². The quantitative estimate of drug-likeness (QED) is 0.800. The second-order valence-electron chi connectivity index (χ2n) is 4.67. The second kappa shape index (κ2) is 6.09. The Balaban J connectivity index is 2.61. The topological polar surface area (TPSA) is 44.8 Å². The summed E-state index contributed by atoms with van der Waals surface area (Å²) in [5, 5.41) is 0. The molecule has 0 aromatic heterocycles. The van der Waals surface area contributed by atoms with E-state index in [1.807, 2.05) is 26.8 Å². The van der Waals surface area contributed by atoms with E-state index in [0.717, 1.165) is 4.47 Å². The van der Waals surface area contributed by atoms with Crippen LogP contribution in [-0.2, 0) is 9.53 Å². The molecule has 4 nitrogen and oxygen atoms in total. The van der Waals surface area contributed by atoms with Crippen LogP contribution in [0.3, 0.4) is 0 Å². The Hall–Kier alpha value is -1.23. The van der Waals surface area contributed by atoms with Crippen LogP contribution in [0.5, 0.6) is 11.5 Å². The van der Waals surface area contributed by atoms with Gasteiger partial charge in [0, 0.05) is 4.47 Å². The number of halogens is 1. The fourth-order valence-electron chi connectivity index (χ4n) is 1.27. The molecule has 0 spiro atoms. The molecule has 0 saturated heterocycles. The van der Waals surface area contributed by atoms with Crippen LogP contribution in [0.4, 0.5) is 0 Å². The Morgan fingerprint density at radius 2 is 1.94 bits per heavy atom. The van der Waals surface area contributed by atoms with Crippen LogP contribution in [0.2, 0.25) is 0 Å². The number of benzene rings is 1. The molecule has 0 N–H and O–H groups in total. The van der Waals surface area contributed by atoms with Crippen LogP contribution in [0.15, 0.2) is 22.7 Å². The van der Waals surface area contributed by atoms with Crippen molar-refractivity contribution in [3.8, 4) is 11.5 Å². The zero-order valence-corrected chi connectivity index (χ0v) is 12.5. The lowest BCUT2D eigenvalue weighted by Crippen LogP contribution is -2.27. The fraction of sp³-hybridized carbons (Fsp3) is 0.462. The van der Waals surface area contributed by atoms with E-state index >= 15 is 0 Å². The van der Waals surface area contributed by atoms with Gasteiger partial charge in [-0.3, -0.25) is 0 Å². The minimum absolute atomic E-state index is 0.144. The van der Waals surface area contributed by atoms with E-state index in [0.29, 0.717) is 11.5 Å². The first-order chi connectivity index (χ1) is 8.31. The van der Waals surface area contributed by atoms with E-state index < -0.39 is 11.6 Å². The molecule has 5 heteroatoms. The number of hydrogen-bond donors (Lipinski definition) is 0. The minimum Gasteiger partial charge on any atom is -0.493 e. The van der Waals surface area contributed by atoms with Crippen LogP contribution >= 0.6 is 15.9 Å². The average Bonchev–Trinajstić information content (AvgIpc) is 2.24. The van der Waals surface area contributed by atoms with Gasteiger partial charge in [-0.2, -0.15) is 0 Å². The highest BCUT2D eigenvalue weighted by Crippen LogP contribution is 2.30. The molecule has 0 saturated carbocycles. The Bertz CT molecular complexity index is 423. The summed E-state index contributed by atoms with van der Waals surface area (Å²) >= 11 is 3.33. The lowest BCUT2D eigenvalue weighted by Gasteiger charge is -2.19. The molecule has 0 amide bonds. The Morgan fingerprint density at radius 3 is 2.50 bits per heavy atom. The molecule has 0 atom stereocenters. The molecule has 0 aliphatic carbocycles. The molecule has 0 radical (unpaired) electrons. The number of hydrogen-bond acceptors (Lipinski definition) is 4. The summed E-state index contributed by atoms with van der Waals surface area (Å²) in [6.45, 7) is 5.29. The molecule has 0 heterocycles. The second-order valence-corrected chi connectivity index (χ2v) is 5.59. The maximum Gasteiger partial charge on any atom is 0.344 e. The number of carbonyl (C=O) groups is 1. The molecule has 1 aromatic carbocycles. The number of rotatable bonds is 4. The largest absolute Gasteiger partial charge is 0.493 e. The van der Waals surface area contributed by atoms with Gasteiger partial charge in [0.2, 0.25) is 0 Å². The Labute approximate surface area is 115 Å². The van der Waals surface area contributed by atoms with E-state index in [9.17, 15) is 4.79 Å². The summed E-state index contributed by atoms with van der Waals surface area (Å²) in [6.07, 6.45) is 0. The highest BCUT2D eigenvalue weighted by atomic mass is 79.9. The third-order valence-corrected chi connectivity index (χ3v) is 2.38. The van der Waals surface area contributed by atoms with Crippen LogP contribution in [0, 0.1) is 0 Å². The van der Waals surface area contributed by atoms with Crippen LogP contribution in [0.25, 0.3) is 0 Å². The van der Waals surface area contributed by atoms with Crippen molar-refractivity contribution in [2.75, 3.05) is 13.7 Å². The Morgan fingerprint density at radius 1 is 1.28 bits per heavy atom. The van der Waals surface area contributed by atoms with Crippen LogP contribution in [0.1, 0.15) is 20.8 Å². The summed E-state index contributed by atoms with van der Waals surface area (Å²) in [4.78, 5) is 11.5. The number of methoxy groups -OCH3 is 1. The predicted octanol–water partition coefficient (Wildman–Crippen LogP) is 3.18. The van der Waals surface area contributed by atoms with Gasteiger partial charge >= 0.3 is 5.97 Å². The summed E-state index contributed by atoms with van der Waals surface area (Å²) in [5.74, 6) is 0.659. The van der Waals surface area contributed by atoms with Gasteiger partial charge in [-0.05, 0) is 39.0 Å². The number of ether oxygens (including phenoxy) is 3. The molecule has 0 fully saturated rings. The van der Waals surface area contributed by atoms with Gasteiger partial charge in [-0.25, -0.2) is 4.79 Å². The molecule has 0 aliphatic rings. The molecule has 1 rings (SSSR count). The molecule has 100 valence electrons. The monoisotopic (exact) mass is 316 g/mol. The summed E-state index contributed by atoms with van der Waals surface area (Å²) < 4.78 is 16.5. The van der Waals surface area contributed by atoms with Gasteiger partial charge in [-0.1, -0.05) is 15.9 Å². The Kier molecular flexibility index (Phi) is 5.02. The summed E-state index contributed by atoms with van der Waals surface area (Å²) in [6, 6.07) is 5.31. The van der Waals surface area contributed by atoms with Gasteiger partial charge < -0.3 is 14.2 Å². The third kappa shape index (κ3) is 4.96. The SMILES string of the molecule is COc1cc(Br)ccc1OCC(=O)OC(C)(C)C.